The quantitative estimate of drug-likeness (QED) is 0.670. The zero-order valence-corrected chi connectivity index (χ0v) is 10.4. The van der Waals surface area contributed by atoms with Crippen LogP contribution < -0.4 is 0 Å². The van der Waals surface area contributed by atoms with Crippen LogP contribution in [-0.2, 0) is 0 Å². The Labute approximate surface area is 110 Å². The first-order valence-electron chi connectivity index (χ1n) is 5.68. The molecule has 0 unspecified atom stereocenters. The normalized spacial score (nSPS) is 10.5. The predicted molar refractivity (Wildman–Crippen MR) is 74.0 cm³/mol. The van der Waals surface area contributed by atoms with E-state index < -0.39 is 0 Å². The van der Waals surface area contributed by atoms with Gasteiger partial charge in [-0.25, -0.2) is 0 Å². The topological polar surface area (TPSA) is 17.8 Å². The maximum absolute atomic E-state index is 5.91. The summed E-state index contributed by atoms with van der Waals surface area (Å²) in [6, 6.07) is 15.9. The zero-order chi connectivity index (χ0) is 12.4. The molecule has 0 spiro atoms. The molecule has 0 aliphatic carbocycles. The molecule has 2 aromatic heterocycles. The van der Waals surface area contributed by atoms with Gasteiger partial charge in [0.15, 0.2) is 0 Å². The maximum atomic E-state index is 5.91. The van der Waals surface area contributed by atoms with E-state index in [4.69, 9.17) is 11.6 Å². The first kappa shape index (κ1) is 11.1. The molecule has 2 nitrogen and oxygen atoms in total. The molecule has 18 heavy (non-hydrogen) atoms. The average molecular weight is 255 g/mol. The van der Waals surface area contributed by atoms with Gasteiger partial charge in [0, 0.05) is 34.9 Å². The lowest BCUT2D eigenvalue weighted by atomic mass is 10.2. The third kappa shape index (κ3) is 2.03. The van der Waals surface area contributed by atoms with Crippen molar-refractivity contribution in [1.29, 1.82) is 0 Å². The van der Waals surface area contributed by atoms with E-state index in [1.165, 1.54) is 0 Å². The van der Waals surface area contributed by atoms with Gasteiger partial charge < -0.3 is 4.57 Å². The fourth-order valence-corrected chi connectivity index (χ4v) is 2.08. The monoisotopic (exact) mass is 254 g/mol. The molecule has 0 aliphatic rings. The Morgan fingerprint density at radius 2 is 1.78 bits per heavy atom. The number of hydrogen-bond donors (Lipinski definition) is 0. The summed E-state index contributed by atoms with van der Waals surface area (Å²) in [6.45, 7) is 0. The van der Waals surface area contributed by atoms with Gasteiger partial charge in [-0.2, -0.15) is 0 Å². The number of pyridine rings is 1. The summed E-state index contributed by atoms with van der Waals surface area (Å²) >= 11 is 5.91. The molecule has 3 rings (SSSR count). The lowest BCUT2D eigenvalue weighted by Gasteiger charge is -2.09. The summed E-state index contributed by atoms with van der Waals surface area (Å²) in [5.41, 5.74) is 3.30. The molecule has 0 aliphatic heterocycles. The van der Waals surface area contributed by atoms with Crippen LogP contribution in [0.1, 0.15) is 0 Å². The lowest BCUT2D eigenvalue weighted by molar-refractivity contribution is 1.08. The molecule has 2 heterocycles. The molecule has 3 heteroatoms. The Balaban J connectivity index is 2.10. The van der Waals surface area contributed by atoms with Crippen LogP contribution in [0, 0.1) is 0 Å². The van der Waals surface area contributed by atoms with Crippen molar-refractivity contribution in [2.75, 3.05) is 0 Å². The van der Waals surface area contributed by atoms with E-state index in [-0.39, 0.29) is 0 Å². The highest BCUT2D eigenvalue weighted by molar-refractivity contribution is 6.30. The molecule has 0 radical (unpaired) electrons. The molecule has 0 amide bonds. The highest BCUT2D eigenvalue weighted by Gasteiger charge is 2.05. The van der Waals surface area contributed by atoms with Gasteiger partial charge in [0.25, 0.3) is 0 Å². The number of nitrogens with zero attached hydrogens (tertiary/aromatic N) is 2. The van der Waals surface area contributed by atoms with Crippen LogP contribution in [0.3, 0.4) is 0 Å². The van der Waals surface area contributed by atoms with Crippen molar-refractivity contribution in [1.82, 2.24) is 9.55 Å². The van der Waals surface area contributed by atoms with Gasteiger partial charge >= 0.3 is 0 Å². The Morgan fingerprint density at radius 3 is 2.50 bits per heavy atom. The van der Waals surface area contributed by atoms with E-state index in [1.54, 1.807) is 6.20 Å². The summed E-state index contributed by atoms with van der Waals surface area (Å²) in [5.74, 6) is 0. The van der Waals surface area contributed by atoms with Crippen LogP contribution in [0.5, 0.6) is 0 Å². The Morgan fingerprint density at radius 1 is 0.944 bits per heavy atom. The van der Waals surface area contributed by atoms with E-state index in [1.807, 2.05) is 48.8 Å². The molecule has 1 aromatic carbocycles. The number of rotatable bonds is 2. The van der Waals surface area contributed by atoms with Crippen LogP contribution in [0.4, 0.5) is 0 Å². The van der Waals surface area contributed by atoms with E-state index in [0.717, 1.165) is 22.0 Å². The average Bonchev–Trinajstić information content (AvgIpc) is 2.90. The molecule has 0 atom stereocenters. The van der Waals surface area contributed by atoms with Crippen molar-refractivity contribution < 1.29 is 0 Å². The third-order valence-corrected chi connectivity index (χ3v) is 3.06. The van der Waals surface area contributed by atoms with E-state index in [2.05, 4.69) is 21.7 Å². The van der Waals surface area contributed by atoms with Crippen molar-refractivity contribution >= 4 is 11.6 Å². The van der Waals surface area contributed by atoms with Crippen molar-refractivity contribution in [3.63, 3.8) is 0 Å². The molecule has 0 N–H and O–H groups in total. The fraction of sp³-hybridized carbons (Fsp3) is 0. The van der Waals surface area contributed by atoms with Crippen LogP contribution in [0.25, 0.3) is 16.9 Å². The van der Waals surface area contributed by atoms with Gasteiger partial charge in [-0.1, -0.05) is 11.6 Å². The van der Waals surface area contributed by atoms with Gasteiger partial charge in [0.2, 0.25) is 0 Å². The second-order valence-electron chi connectivity index (χ2n) is 3.98. The third-order valence-electron chi connectivity index (χ3n) is 2.81. The van der Waals surface area contributed by atoms with Crippen LogP contribution in [0.15, 0.2) is 67.1 Å². The number of halogens is 1. The van der Waals surface area contributed by atoms with Crippen molar-refractivity contribution in [3.05, 3.63) is 72.1 Å². The number of aromatic nitrogens is 2. The summed E-state index contributed by atoms with van der Waals surface area (Å²) in [6.07, 6.45) is 5.67. The Bertz CT molecular complexity index is 642. The molecule has 3 aromatic rings. The summed E-state index contributed by atoms with van der Waals surface area (Å²) in [5, 5.41) is 0.744. The standard InChI is InChI=1S/C15H11ClN2/c16-13-5-7-14(8-6-13)18-10-2-4-15(18)12-3-1-9-17-11-12/h1-11H. The fourth-order valence-electron chi connectivity index (χ4n) is 1.96. The number of benzene rings is 1. The molecule has 0 bridgehead atoms. The largest absolute Gasteiger partial charge is 0.317 e. The zero-order valence-electron chi connectivity index (χ0n) is 9.62. The SMILES string of the molecule is Clc1ccc(-n2cccc2-c2cccnc2)cc1. The number of hydrogen-bond acceptors (Lipinski definition) is 1. The smallest absolute Gasteiger partial charge is 0.0543 e. The summed E-state index contributed by atoms with van der Waals surface area (Å²) in [4.78, 5) is 4.16. The minimum atomic E-state index is 0.744. The van der Waals surface area contributed by atoms with Gasteiger partial charge in [0.05, 0.1) is 5.69 Å². The van der Waals surface area contributed by atoms with Crippen molar-refractivity contribution in [2.45, 2.75) is 0 Å². The Hall–Kier alpha value is -2.06. The minimum absolute atomic E-state index is 0.744. The van der Waals surface area contributed by atoms with Crippen LogP contribution in [0.2, 0.25) is 5.02 Å². The summed E-state index contributed by atoms with van der Waals surface area (Å²) in [7, 11) is 0. The van der Waals surface area contributed by atoms with Gasteiger partial charge in [-0.05, 0) is 48.5 Å². The van der Waals surface area contributed by atoms with E-state index in [0.29, 0.717) is 0 Å². The van der Waals surface area contributed by atoms with Gasteiger partial charge in [0.1, 0.15) is 0 Å². The second kappa shape index (κ2) is 4.67. The maximum Gasteiger partial charge on any atom is 0.0543 e. The predicted octanol–water partition coefficient (Wildman–Crippen LogP) is 4.19. The first-order valence-corrected chi connectivity index (χ1v) is 6.06. The second-order valence-corrected chi connectivity index (χ2v) is 4.42. The molecule has 88 valence electrons. The van der Waals surface area contributed by atoms with Crippen LogP contribution in [-0.4, -0.2) is 9.55 Å². The Kier molecular flexibility index (Phi) is 2.87. The van der Waals surface area contributed by atoms with Crippen molar-refractivity contribution in [3.8, 4) is 16.9 Å². The van der Waals surface area contributed by atoms with Gasteiger partial charge in [-0.3, -0.25) is 4.98 Å². The van der Waals surface area contributed by atoms with Crippen molar-refractivity contribution in [2.24, 2.45) is 0 Å². The highest BCUT2D eigenvalue weighted by Crippen LogP contribution is 2.23. The van der Waals surface area contributed by atoms with Crippen LogP contribution >= 0.6 is 11.6 Å². The van der Waals surface area contributed by atoms with E-state index in [9.17, 15) is 0 Å². The van der Waals surface area contributed by atoms with Gasteiger partial charge in [-0.15, -0.1) is 0 Å². The molecular weight excluding hydrogens is 244 g/mol. The first-order chi connectivity index (χ1) is 8.84. The molecule has 0 fully saturated rings. The lowest BCUT2D eigenvalue weighted by Crippen LogP contribution is -1.94. The molecule has 0 saturated heterocycles. The minimum Gasteiger partial charge on any atom is -0.317 e. The molecular formula is C15H11ClN2. The molecule has 0 saturated carbocycles. The highest BCUT2D eigenvalue weighted by atomic mass is 35.5. The van der Waals surface area contributed by atoms with E-state index >= 15 is 0 Å². The summed E-state index contributed by atoms with van der Waals surface area (Å²) < 4.78 is 2.12.